The minimum Gasteiger partial charge on any atom is -0.381 e. The van der Waals surface area contributed by atoms with Gasteiger partial charge in [0.25, 0.3) is 0 Å². The van der Waals surface area contributed by atoms with Crippen LogP contribution in [0, 0.1) is 0 Å². The Morgan fingerprint density at radius 2 is 2.06 bits per heavy atom. The summed E-state index contributed by atoms with van der Waals surface area (Å²) in [5.41, 5.74) is 0.980. The predicted octanol–water partition coefficient (Wildman–Crippen LogP) is 3.28. The van der Waals surface area contributed by atoms with Gasteiger partial charge in [-0.15, -0.1) is 0 Å². The summed E-state index contributed by atoms with van der Waals surface area (Å²) in [7, 11) is 0. The quantitative estimate of drug-likeness (QED) is 0.801. The van der Waals surface area contributed by atoms with Crippen LogP contribution in [0.5, 0.6) is 0 Å². The largest absolute Gasteiger partial charge is 0.381 e. The molecule has 17 heavy (non-hydrogen) atoms. The number of carbonyl (C=O) groups excluding carboxylic acids is 1. The lowest BCUT2D eigenvalue weighted by Gasteiger charge is -2.35. The molecule has 4 heteroatoms. The third kappa shape index (κ3) is 2.58. The van der Waals surface area contributed by atoms with Crippen molar-refractivity contribution in [1.29, 1.82) is 0 Å². The number of ether oxygens (including phenoxy) is 1. The van der Waals surface area contributed by atoms with E-state index >= 15 is 0 Å². The Kier molecular flexibility index (Phi) is 3.94. The summed E-state index contributed by atoms with van der Waals surface area (Å²) < 4.78 is 19.5. The molecule has 1 aromatic rings. The van der Waals surface area contributed by atoms with Crippen LogP contribution in [0.15, 0.2) is 22.7 Å². The standard InChI is InChI=1S/C13H14BrFO2/c14-12-6-10(8-16)5-11(7-12)13(9-15)1-3-17-4-2-13/h5-8H,1-4,9H2. The van der Waals surface area contributed by atoms with Crippen molar-refractivity contribution in [2.75, 3.05) is 19.9 Å². The van der Waals surface area contributed by atoms with Gasteiger partial charge in [-0.2, -0.15) is 0 Å². The van der Waals surface area contributed by atoms with Crippen molar-refractivity contribution >= 4 is 22.2 Å². The van der Waals surface area contributed by atoms with Gasteiger partial charge in [0, 0.05) is 28.7 Å². The maximum absolute atomic E-state index is 13.4. The van der Waals surface area contributed by atoms with Gasteiger partial charge in [0.15, 0.2) is 0 Å². The Hall–Kier alpha value is -0.740. The second-order valence-corrected chi connectivity index (χ2v) is 5.33. The summed E-state index contributed by atoms with van der Waals surface area (Å²) in [6.45, 7) is 0.741. The normalized spacial score (nSPS) is 18.9. The van der Waals surface area contributed by atoms with Crippen molar-refractivity contribution in [1.82, 2.24) is 0 Å². The Balaban J connectivity index is 2.42. The molecule has 0 radical (unpaired) electrons. The third-order valence-electron chi connectivity index (χ3n) is 3.37. The zero-order valence-corrected chi connectivity index (χ0v) is 11.0. The second-order valence-electron chi connectivity index (χ2n) is 4.42. The fourth-order valence-corrected chi connectivity index (χ4v) is 2.76. The Bertz CT molecular complexity index is 414. The van der Waals surface area contributed by atoms with Gasteiger partial charge in [0.1, 0.15) is 6.29 Å². The van der Waals surface area contributed by atoms with Crippen LogP contribution in [-0.4, -0.2) is 26.2 Å². The fourth-order valence-electron chi connectivity index (χ4n) is 2.25. The fraction of sp³-hybridized carbons (Fsp3) is 0.462. The molecule has 1 saturated heterocycles. The lowest BCUT2D eigenvalue weighted by molar-refractivity contribution is 0.0402. The molecule has 0 aliphatic carbocycles. The first-order valence-electron chi connectivity index (χ1n) is 5.60. The number of rotatable bonds is 3. The van der Waals surface area contributed by atoms with Crippen molar-refractivity contribution < 1.29 is 13.9 Å². The van der Waals surface area contributed by atoms with Gasteiger partial charge < -0.3 is 4.74 Å². The van der Waals surface area contributed by atoms with E-state index in [2.05, 4.69) is 15.9 Å². The molecule has 0 spiro atoms. The smallest absolute Gasteiger partial charge is 0.150 e. The monoisotopic (exact) mass is 300 g/mol. The zero-order chi connectivity index (χ0) is 12.3. The highest BCUT2D eigenvalue weighted by molar-refractivity contribution is 9.10. The van der Waals surface area contributed by atoms with E-state index in [9.17, 15) is 9.18 Å². The third-order valence-corrected chi connectivity index (χ3v) is 3.83. The molecule has 0 atom stereocenters. The summed E-state index contributed by atoms with van der Waals surface area (Å²) >= 11 is 3.36. The highest BCUT2D eigenvalue weighted by Gasteiger charge is 2.35. The number of hydrogen-bond acceptors (Lipinski definition) is 2. The van der Waals surface area contributed by atoms with Gasteiger partial charge in [-0.25, -0.2) is 0 Å². The molecule has 1 heterocycles. The molecular weight excluding hydrogens is 287 g/mol. The summed E-state index contributed by atoms with van der Waals surface area (Å²) in [5.74, 6) is 0. The van der Waals surface area contributed by atoms with Gasteiger partial charge in [-0.05, 0) is 36.6 Å². The van der Waals surface area contributed by atoms with Gasteiger partial charge in [0.05, 0.1) is 6.67 Å². The first kappa shape index (κ1) is 12.7. The van der Waals surface area contributed by atoms with Crippen LogP contribution in [-0.2, 0) is 10.2 Å². The average molecular weight is 301 g/mol. The van der Waals surface area contributed by atoms with Crippen LogP contribution in [0.4, 0.5) is 4.39 Å². The molecular formula is C13H14BrFO2. The molecule has 1 aliphatic rings. The zero-order valence-electron chi connectivity index (χ0n) is 9.42. The van der Waals surface area contributed by atoms with Crippen molar-refractivity contribution in [2.24, 2.45) is 0 Å². The van der Waals surface area contributed by atoms with E-state index in [1.54, 1.807) is 12.1 Å². The van der Waals surface area contributed by atoms with Crippen LogP contribution < -0.4 is 0 Å². The molecule has 0 unspecified atom stereocenters. The molecule has 0 amide bonds. The van der Waals surface area contributed by atoms with E-state index in [0.29, 0.717) is 31.6 Å². The molecule has 0 saturated carbocycles. The topological polar surface area (TPSA) is 26.3 Å². The Morgan fingerprint density at radius 1 is 1.35 bits per heavy atom. The molecule has 2 rings (SSSR count). The Morgan fingerprint density at radius 3 is 2.65 bits per heavy atom. The molecule has 0 aromatic heterocycles. The minimum atomic E-state index is -0.486. The van der Waals surface area contributed by atoms with Crippen LogP contribution >= 0.6 is 15.9 Å². The second kappa shape index (κ2) is 5.27. The van der Waals surface area contributed by atoms with E-state index in [1.807, 2.05) is 6.07 Å². The lowest BCUT2D eigenvalue weighted by atomic mass is 9.75. The molecule has 92 valence electrons. The van der Waals surface area contributed by atoms with Gasteiger partial charge in [0.2, 0.25) is 0 Å². The summed E-state index contributed by atoms with van der Waals surface area (Å²) in [6, 6.07) is 5.42. The van der Waals surface area contributed by atoms with Crippen LogP contribution in [0.25, 0.3) is 0 Å². The molecule has 1 fully saturated rings. The highest BCUT2D eigenvalue weighted by Crippen LogP contribution is 2.36. The maximum atomic E-state index is 13.4. The number of aldehydes is 1. The van der Waals surface area contributed by atoms with Gasteiger partial charge >= 0.3 is 0 Å². The molecule has 1 aliphatic heterocycles. The van der Waals surface area contributed by atoms with E-state index in [0.717, 1.165) is 16.3 Å². The van der Waals surface area contributed by atoms with E-state index in [-0.39, 0.29) is 0 Å². The number of benzene rings is 1. The first-order chi connectivity index (χ1) is 8.20. The number of halogens is 2. The SMILES string of the molecule is O=Cc1cc(Br)cc(C2(CF)CCOCC2)c1. The number of hydrogen-bond donors (Lipinski definition) is 0. The van der Waals surface area contributed by atoms with Crippen molar-refractivity contribution in [3.8, 4) is 0 Å². The van der Waals surface area contributed by atoms with Crippen LogP contribution in [0.3, 0.4) is 0 Å². The molecule has 2 nitrogen and oxygen atoms in total. The molecule has 1 aromatic carbocycles. The Labute approximate surface area is 108 Å². The summed E-state index contributed by atoms with van der Waals surface area (Å²) in [5, 5.41) is 0. The number of alkyl halides is 1. The number of carbonyl (C=O) groups is 1. The summed E-state index contributed by atoms with van der Waals surface area (Å²) in [6.07, 6.45) is 2.12. The maximum Gasteiger partial charge on any atom is 0.150 e. The minimum absolute atomic E-state index is 0.412. The van der Waals surface area contributed by atoms with Gasteiger partial charge in [-0.1, -0.05) is 15.9 Å². The van der Waals surface area contributed by atoms with E-state index in [1.165, 1.54) is 0 Å². The van der Waals surface area contributed by atoms with E-state index < -0.39 is 12.1 Å². The van der Waals surface area contributed by atoms with Crippen molar-refractivity contribution in [2.45, 2.75) is 18.3 Å². The highest BCUT2D eigenvalue weighted by atomic mass is 79.9. The van der Waals surface area contributed by atoms with Crippen molar-refractivity contribution in [3.63, 3.8) is 0 Å². The van der Waals surface area contributed by atoms with Crippen LogP contribution in [0.2, 0.25) is 0 Å². The first-order valence-corrected chi connectivity index (χ1v) is 6.39. The van der Waals surface area contributed by atoms with Crippen molar-refractivity contribution in [3.05, 3.63) is 33.8 Å². The lowest BCUT2D eigenvalue weighted by Crippen LogP contribution is -2.36. The van der Waals surface area contributed by atoms with E-state index in [4.69, 9.17) is 4.74 Å². The molecule has 0 N–H and O–H groups in total. The molecule has 0 bridgehead atoms. The predicted molar refractivity (Wildman–Crippen MR) is 67.2 cm³/mol. The average Bonchev–Trinajstić information content (AvgIpc) is 2.38. The van der Waals surface area contributed by atoms with Crippen LogP contribution in [0.1, 0.15) is 28.8 Å². The van der Waals surface area contributed by atoms with Gasteiger partial charge in [-0.3, -0.25) is 9.18 Å². The summed E-state index contributed by atoms with van der Waals surface area (Å²) in [4.78, 5) is 10.8.